The van der Waals surface area contributed by atoms with Crippen LogP contribution in [-0.2, 0) is 11.8 Å². The Hall–Kier alpha value is -3.42. The number of aromatic nitrogens is 4. The van der Waals surface area contributed by atoms with Crippen LogP contribution in [0.2, 0.25) is 0 Å². The number of H-pyrrole nitrogens is 1. The molecule has 2 aromatic heterocycles. The molecule has 0 atom stereocenters. The topological polar surface area (TPSA) is 105 Å². The average molecular weight is 352 g/mol. The van der Waals surface area contributed by atoms with Crippen molar-refractivity contribution in [3.05, 3.63) is 53.5 Å². The third-order valence-corrected chi connectivity index (χ3v) is 4.07. The summed E-state index contributed by atoms with van der Waals surface area (Å²) in [6, 6.07) is 11.2. The fourth-order valence-corrected chi connectivity index (χ4v) is 2.59. The first kappa shape index (κ1) is 17.4. The van der Waals surface area contributed by atoms with Crippen LogP contribution in [0.3, 0.4) is 0 Å². The van der Waals surface area contributed by atoms with Crippen molar-refractivity contribution in [1.29, 1.82) is 0 Å². The molecule has 0 aliphatic carbocycles. The van der Waals surface area contributed by atoms with E-state index < -0.39 is 5.91 Å². The zero-order valence-corrected chi connectivity index (χ0v) is 14.8. The predicted octanol–water partition coefficient (Wildman–Crippen LogP) is 1.80. The summed E-state index contributed by atoms with van der Waals surface area (Å²) >= 11 is 0. The van der Waals surface area contributed by atoms with Gasteiger partial charge in [0.05, 0.1) is 29.3 Å². The lowest BCUT2D eigenvalue weighted by atomic mass is 10.1. The lowest BCUT2D eigenvalue weighted by Gasteiger charge is -2.06. The molecular weight excluding hydrogens is 332 g/mol. The maximum absolute atomic E-state index is 12.2. The van der Waals surface area contributed by atoms with Crippen LogP contribution in [0, 0.1) is 13.8 Å². The molecule has 3 aromatic rings. The fourth-order valence-electron chi connectivity index (χ4n) is 2.59. The second-order valence-corrected chi connectivity index (χ2v) is 5.93. The van der Waals surface area contributed by atoms with E-state index >= 15 is 0 Å². The molecule has 0 aliphatic rings. The Labute approximate surface area is 150 Å². The molecule has 8 heteroatoms. The molecule has 8 nitrogen and oxygen atoms in total. The van der Waals surface area contributed by atoms with Crippen molar-refractivity contribution in [3.8, 4) is 11.3 Å². The van der Waals surface area contributed by atoms with E-state index in [1.807, 2.05) is 51.2 Å². The highest BCUT2D eigenvalue weighted by Gasteiger charge is 2.15. The lowest BCUT2D eigenvalue weighted by Crippen LogP contribution is -2.33. The molecule has 2 heterocycles. The number of nitrogens with zero attached hydrogens (tertiary/aromatic N) is 3. The number of rotatable bonds is 5. The standard InChI is InChI=1S/C18H20N6O2/c1-11-17(12(2)24(3)23-11)20-16(25)10-19-18(26)15-9-14(21-22-15)13-7-5-4-6-8-13/h4-9H,10H2,1-3H3,(H,19,26)(H,20,25)(H,21,22). The van der Waals surface area contributed by atoms with Gasteiger partial charge in [-0.15, -0.1) is 0 Å². The number of nitrogens with one attached hydrogen (secondary N) is 3. The summed E-state index contributed by atoms with van der Waals surface area (Å²) in [7, 11) is 1.81. The molecule has 0 aliphatic heterocycles. The van der Waals surface area contributed by atoms with Gasteiger partial charge in [0.15, 0.2) is 0 Å². The third-order valence-electron chi connectivity index (χ3n) is 4.07. The van der Waals surface area contributed by atoms with Crippen LogP contribution in [0.1, 0.15) is 21.9 Å². The largest absolute Gasteiger partial charge is 0.342 e. The maximum Gasteiger partial charge on any atom is 0.269 e. The van der Waals surface area contributed by atoms with Crippen LogP contribution in [-0.4, -0.2) is 38.3 Å². The van der Waals surface area contributed by atoms with Crippen molar-refractivity contribution < 1.29 is 9.59 Å². The number of carbonyl (C=O) groups excluding carboxylic acids is 2. The highest BCUT2D eigenvalue weighted by molar-refractivity contribution is 5.99. The minimum atomic E-state index is -0.394. The minimum absolute atomic E-state index is 0.147. The van der Waals surface area contributed by atoms with Gasteiger partial charge < -0.3 is 10.6 Å². The highest BCUT2D eigenvalue weighted by Crippen LogP contribution is 2.18. The second-order valence-electron chi connectivity index (χ2n) is 5.93. The maximum atomic E-state index is 12.2. The Morgan fingerprint density at radius 1 is 1.19 bits per heavy atom. The molecule has 0 saturated carbocycles. The van der Waals surface area contributed by atoms with Crippen LogP contribution in [0.5, 0.6) is 0 Å². The highest BCUT2D eigenvalue weighted by atomic mass is 16.2. The number of aromatic amines is 1. The smallest absolute Gasteiger partial charge is 0.269 e. The fraction of sp³-hybridized carbons (Fsp3) is 0.222. The van der Waals surface area contributed by atoms with E-state index in [4.69, 9.17) is 0 Å². The SMILES string of the molecule is Cc1nn(C)c(C)c1NC(=O)CNC(=O)c1cc(-c2ccccc2)n[nH]1. The first-order valence-corrected chi connectivity index (χ1v) is 8.15. The van der Waals surface area contributed by atoms with E-state index in [0.717, 1.165) is 17.0 Å². The minimum Gasteiger partial charge on any atom is -0.342 e. The quantitative estimate of drug-likeness (QED) is 0.651. The van der Waals surface area contributed by atoms with Crippen LogP contribution in [0.25, 0.3) is 11.3 Å². The van der Waals surface area contributed by atoms with Gasteiger partial charge in [-0.1, -0.05) is 30.3 Å². The molecule has 0 saturated heterocycles. The number of amides is 2. The molecule has 0 unspecified atom stereocenters. The van der Waals surface area contributed by atoms with E-state index in [-0.39, 0.29) is 12.5 Å². The van der Waals surface area contributed by atoms with E-state index in [1.54, 1.807) is 10.7 Å². The summed E-state index contributed by atoms with van der Waals surface area (Å²) in [5.41, 5.74) is 4.11. The normalized spacial score (nSPS) is 10.6. The number of anilines is 1. The molecule has 3 N–H and O–H groups in total. The van der Waals surface area contributed by atoms with Gasteiger partial charge in [0.2, 0.25) is 5.91 Å². The van der Waals surface area contributed by atoms with E-state index in [2.05, 4.69) is 25.9 Å². The summed E-state index contributed by atoms with van der Waals surface area (Å²) < 4.78 is 1.69. The Morgan fingerprint density at radius 2 is 1.92 bits per heavy atom. The zero-order chi connectivity index (χ0) is 18.7. The zero-order valence-electron chi connectivity index (χ0n) is 14.8. The molecule has 2 amide bonds. The van der Waals surface area contributed by atoms with E-state index in [9.17, 15) is 9.59 Å². The number of hydrogen-bond donors (Lipinski definition) is 3. The van der Waals surface area contributed by atoms with E-state index in [0.29, 0.717) is 17.1 Å². The van der Waals surface area contributed by atoms with Crippen molar-refractivity contribution in [3.63, 3.8) is 0 Å². The van der Waals surface area contributed by atoms with Crippen molar-refractivity contribution in [2.45, 2.75) is 13.8 Å². The Bertz CT molecular complexity index is 942. The summed E-state index contributed by atoms with van der Waals surface area (Å²) in [5.74, 6) is -0.713. The summed E-state index contributed by atoms with van der Waals surface area (Å²) in [6.07, 6.45) is 0. The van der Waals surface area contributed by atoms with Gasteiger partial charge in [0, 0.05) is 12.6 Å². The Balaban J connectivity index is 1.59. The number of benzene rings is 1. The monoisotopic (exact) mass is 352 g/mol. The van der Waals surface area contributed by atoms with Crippen LogP contribution < -0.4 is 10.6 Å². The van der Waals surface area contributed by atoms with Gasteiger partial charge in [0.25, 0.3) is 5.91 Å². The Morgan fingerprint density at radius 3 is 2.58 bits per heavy atom. The van der Waals surface area contributed by atoms with Crippen LogP contribution in [0.4, 0.5) is 5.69 Å². The van der Waals surface area contributed by atoms with Gasteiger partial charge in [-0.2, -0.15) is 10.2 Å². The molecular formula is C18H20N6O2. The van der Waals surface area contributed by atoms with Crippen LogP contribution >= 0.6 is 0 Å². The molecule has 0 bridgehead atoms. The van der Waals surface area contributed by atoms with Gasteiger partial charge in [-0.25, -0.2) is 0 Å². The number of carbonyl (C=O) groups is 2. The molecule has 26 heavy (non-hydrogen) atoms. The number of hydrogen-bond acceptors (Lipinski definition) is 4. The van der Waals surface area contributed by atoms with Crippen LogP contribution in [0.15, 0.2) is 36.4 Å². The van der Waals surface area contributed by atoms with Crippen molar-refractivity contribution in [1.82, 2.24) is 25.3 Å². The summed E-state index contributed by atoms with van der Waals surface area (Å²) in [6.45, 7) is 3.53. The van der Waals surface area contributed by atoms with Gasteiger partial charge >= 0.3 is 0 Å². The first-order valence-electron chi connectivity index (χ1n) is 8.15. The molecule has 134 valence electrons. The van der Waals surface area contributed by atoms with Crippen molar-refractivity contribution in [2.75, 3.05) is 11.9 Å². The van der Waals surface area contributed by atoms with E-state index in [1.165, 1.54) is 0 Å². The van der Waals surface area contributed by atoms with Crippen molar-refractivity contribution >= 4 is 17.5 Å². The van der Waals surface area contributed by atoms with Gasteiger partial charge in [0.1, 0.15) is 5.69 Å². The molecule has 3 rings (SSSR count). The van der Waals surface area contributed by atoms with Gasteiger partial charge in [-0.05, 0) is 19.9 Å². The van der Waals surface area contributed by atoms with Gasteiger partial charge in [-0.3, -0.25) is 19.4 Å². The summed E-state index contributed by atoms with van der Waals surface area (Å²) in [5, 5.41) is 16.4. The molecule has 0 fully saturated rings. The van der Waals surface area contributed by atoms with Crippen molar-refractivity contribution in [2.24, 2.45) is 7.05 Å². The average Bonchev–Trinajstić information content (AvgIpc) is 3.22. The number of aryl methyl sites for hydroxylation is 2. The second kappa shape index (κ2) is 7.22. The lowest BCUT2D eigenvalue weighted by molar-refractivity contribution is -0.115. The first-order chi connectivity index (χ1) is 12.5. The third kappa shape index (κ3) is 3.64. The Kier molecular flexibility index (Phi) is 4.83. The molecule has 1 aromatic carbocycles. The predicted molar refractivity (Wildman–Crippen MR) is 97.7 cm³/mol. The molecule has 0 radical (unpaired) electrons. The summed E-state index contributed by atoms with van der Waals surface area (Å²) in [4.78, 5) is 24.3. The molecule has 0 spiro atoms.